The van der Waals surface area contributed by atoms with Gasteiger partial charge in [-0.05, 0) is 30.7 Å². The Balaban J connectivity index is 1.50. The molecule has 2 aromatic carbocycles. The maximum Gasteiger partial charge on any atom is 0.270 e. The topological polar surface area (TPSA) is 136 Å². The molecule has 0 aliphatic rings. The van der Waals surface area contributed by atoms with Crippen molar-refractivity contribution in [3.05, 3.63) is 57.7 Å². The van der Waals surface area contributed by atoms with Crippen molar-refractivity contribution in [1.82, 2.24) is 9.78 Å². The van der Waals surface area contributed by atoms with Crippen LogP contribution in [-0.2, 0) is 14.4 Å². The van der Waals surface area contributed by atoms with Gasteiger partial charge in [-0.2, -0.15) is 5.10 Å². The van der Waals surface area contributed by atoms with Crippen molar-refractivity contribution in [2.45, 2.75) is 124 Å². The van der Waals surface area contributed by atoms with Crippen LogP contribution in [0, 0.1) is 15.5 Å². The van der Waals surface area contributed by atoms with Crippen molar-refractivity contribution >= 4 is 57.2 Å². The first kappa shape index (κ1) is 37.7. The second-order valence-corrected chi connectivity index (χ2v) is 13.7. The maximum absolute atomic E-state index is 13.6. The predicted molar refractivity (Wildman–Crippen MR) is 189 cm³/mol. The average molecular weight is 668 g/mol. The minimum atomic E-state index is -1.36. The van der Waals surface area contributed by atoms with Gasteiger partial charge in [0.1, 0.15) is 0 Å². The van der Waals surface area contributed by atoms with Crippen LogP contribution in [0.2, 0.25) is 5.02 Å². The lowest BCUT2D eigenvalue weighted by molar-refractivity contribution is -0.384. The Hall–Kier alpha value is -3.79. The van der Waals surface area contributed by atoms with E-state index >= 15 is 0 Å². The molecule has 0 spiro atoms. The van der Waals surface area contributed by atoms with E-state index in [0.717, 1.165) is 19.3 Å². The van der Waals surface area contributed by atoms with Gasteiger partial charge in [0, 0.05) is 35.0 Å². The van der Waals surface area contributed by atoms with Crippen molar-refractivity contribution in [1.29, 1.82) is 0 Å². The molecule has 3 aromatic rings. The van der Waals surface area contributed by atoms with Crippen LogP contribution in [0.5, 0.6) is 0 Å². The molecule has 47 heavy (non-hydrogen) atoms. The van der Waals surface area contributed by atoms with Crippen molar-refractivity contribution in [3.8, 4) is 0 Å². The molecule has 0 radical (unpaired) electrons. The Morgan fingerprint density at radius 3 is 2.02 bits per heavy atom. The summed E-state index contributed by atoms with van der Waals surface area (Å²) in [7, 11) is 0. The van der Waals surface area contributed by atoms with Gasteiger partial charge in [-0.3, -0.25) is 24.5 Å². The van der Waals surface area contributed by atoms with Gasteiger partial charge in [-0.1, -0.05) is 116 Å². The number of nitrogens with one attached hydrogen (secondary N) is 2. The first-order valence-corrected chi connectivity index (χ1v) is 17.4. The van der Waals surface area contributed by atoms with Gasteiger partial charge in [0.15, 0.2) is 11.8 Å². The third-order valence-corrected chi connectivity index (χ3v) is 8.60. The van der Waals surface area contributed by atoms with Crippen LogP contribution in [-0.4, -0.2) is 32.3 Å². The van der Waals surface area contributed by atoms with Gasteiger partial charge in [0.05, 0.1) is 27.3 Å². The SMILES string of the molecule is CCCCCCCCCCCCCCCC(=O)Nc1ccc(NC(=O)C(C(=O)C(C)(C)C)n2ncc3cc([N+](=O)[O-])ccc32)c(Cl)c1. The number of aromatic nitrogens is 2. The Morgan fingerprint density at radius 1 is 0.872 bits per heavy atom. The summed E-state index contributed by atoms with van der Waals surface area (Å²) in [5, 5.41) is 21.7. The highest BCUT2D eigenvalue weighted by atomic mass is 35.5. The number of unbranched alkanes of at least 4 members (excludes halogenated alkanes) is 12. The lowest BCUT2D eigenvalue weighted by Crippen LogP contribution is -2.39. The third kappa shape index (κ3) is 11.8. The largest absolute Gasteiger partial charge is 0.326 e. The summed E-state index contributed by atoms with van der Waals surface area (Å²) in [5.74, 6) is -1.15. The van der Waals surface area contributed by atoms with Gasteiger partial charge in [-0.15, -0.1) is 0 Å². The van der Waals surface area contributed by atoms with E-state index in [1.807, 2.05) is 0 Å². The molecule has 1 aromatic heterocycles. The second kappa shape index (κ2) is 18.5. The summed E-state index contributed by atoms with van der Waals surface area (Å²) in [6.45, 7) is 7.36. The predicted octanol–water partition coefficient (Wildman–Crippen LogP) is 9.81. The molecule has 0 saturated heterocycles. The number of nitro benzene ring substituents is 1. The molecule has 1 heterocycles. The van der Waals surface area contributed by atoms with Crippen LogP contribution < -0.4 is 10.6 Å². The van der Waals surface area contributed by atoms with Gasteiger partial charge in [0.2, 0.25) is 5.91 Å². The van der Waals surface area contributed by atoms with Crippen LogP contribution in [0.25, 0.3) is 10.9 Å². The van der Waals surface area contributed by atoms with Crippen molar-refractivity contribution in [2.75, 3.05) is 10.6 Å². The highest BCUT2D eigenvalue weighted by molar-refractivity contribution is 6.34. The number of ketones is 1. The standard InChI is InChI=1S/C36H50ClN5O5/c1-5-6-7-8-9-10-11-12-13-14-15-16-17-18-32(43)39-27-19-21-30(29(37)24-27)40-35(45)33(34(44)36(2,3)4)41-31-22-20-28(42(46)47)23-26(31)25-38-41/h19-25,33H,5-18H2,1-4H3,(H,39,43)(H,40,45). The number of halogens is 1. The molecule has 0 aliphatic carbocycles. The molecule has 0 bridgehead atoms. The highest BCUT2D eigenvalue weighted by Gasteiger charge is 2.38. The summed E-state index contributed by atoms with van der Waals surface area (Å²) in [4.78, 5) is 50.3. The number of fused-ring (bicyclic) bond motifs is 1. The molecule has 3 rings (SSSR count). The van der Waals surface area contributed by atoms with E-state index in [-0.39, 0.29) is 22.3 Å². The Bertz CT molecular complexity index is 1510. The zero-order chi connectivity index (χ0) is 34.4. The first-order valence-electron chi connectivity index (χ1n) is 17.0. The fourth-order valence-electron chi connectivity index (χ4n) is 5.53. The Kier molecular flexibility index (Phi) is 14.8. The number of benzene rings is 2. The molecule has 1 unspecified atom stereocenters. The second-order valence-electron chi connectivity index (χ2n) is 13.3. The number of carbonyl (C=O) groups is 3. The average Bonchev–Trinajstić information content (AvgIpc) is 3.43. The zero-order valence-corrected chi connectivity index (χ0v) is 29.0. The van der Waals surface area contributed by atoms with E-state index in [4.69, 9.17) is 11.6 Å². The van der Waals surface area contributed by atoms with E-state index in [0.29, 0.717) is 23.0 Å². The van der Waals surface area contributed by atoms with E-state index < -0.39 is 28.1 Å². The van der Waals surface area contributed by atoms with E-state index in [1.54, 1.807) is 39.0 Å². The number of anilines is 2. The molecular formula is C36H50ClN5O5. The number of nitrogens with zero attached hydrogens (tertiary/aromatic N) is 3. The maximum atomic E-state index is 13.6. The van der Waals surface area contributed by atoms with Crippen molar-refractivity contribution in [3.63, 3.8) is 0 Å². The molecule has 2 N–H and O–H groups in total. The van der Waals surface area contributed by atoms with E-state index in [9.17, 15) is 24.5 Å². The van der Waals surface area contributed by atoms with Crippen LogP contribution >= 0.6 is 11.6 Å². The van der Waals surface area contributed by atoms with Crippen LogP contribution in [0.1, 0.15) is 124 Å². The quantitative estimate of drug-likeness (QED) is 0.0533. The summed E-state index contributed by atoms with van der Waals surface area (Å²) in [6, 6.07) is 7.54. The Labute approximate surface area is 283 Å². The van der Waals surface area contributed by atoms with Gasteiger partial charge < -0.3 is 10.6 Å². The zero-order valence-electron chi connectivity index (χ0n) is 28.3. The first-order chi connectivity index (χ1) is 22.4. The number of non-ortho nitro benzene ring substituents is 1. The van der Waals surface area contributed by atoms with E-state index in [2.05, 4.69) is 22.7 Å². The van der Waals surface area contributed by atoms with Gasteiger partial charge in [0.25, 0.3) is 11.6 Å². The molecule has 10 nitrogen and oxygen atoms in total. The Morgan fingerprint density at radius 2 is 1.47 bits per heavy atom. The minimum absolute atomic E-state index is 0.0949. The van der Waals surface area contributed by atoms with Gasteiger partial charge in [-0.25, -0.2) is 4.68 Å². The number of amides is 2. The third-order valence-electron chi connectivity index (χ3n) is 8.29. The fraction of sp³-hybridized carbons (Fsp3) is 0.556. The van der Waals surface area contributed by atoms with Crippen LogP contribution in [0.3, 0.4) is 0 Å². The van der Waals surface area contributed by atoms with E-state index in [1.165, 1.54) is 93.3 Å². The lowest BCUT2D eigenvalue weighted by Gasteiger charge is -2.25. The fourth-order valence-corrected chi connectivity index (χ4v) is 5.76. The number of Topliss-reactive ketones (excluding diaryl/α,β-unsaturated/α-hetero) is 1. The number of hydrogen-bond acceptors (Lipinski definition) is 6. The summed E-state index contributed by atoms with van der Waals surface area (Å²) < 4.78 is 1.28. The summed E-state index contributed by atoms with van der Waals surface area (Å²) in [6.07, 6.45) is 18.0. The minimum Gasteiger partial charge on any atom is -0.326 e. The molecule has 2 amide bonds. The normalized spacial score (nSPS) is 12.2. The summed E-state index contributed by atoms with van der Waals surface area (Å²) in [5.41, 5.74) is 0.163. The van der Waals surface area contributed by atoms with Crippen LogP contribution in [0.4, 0.5) is 17.1 Å². The molecule has 256 valence electrons. The molecule has 0 saturated carbocycles. The molecular weight excluding hydrogens is 618 g/mol. The molecule has 0 fully saturated rings. The number of carbonyl (C=O) groups excluding carboxylic acids is 3. The van der Waals surface area contributed by atoms with Crippen molar-refractivity contribution in [2.24, 2.45) is 5.41 Å². The monoisotopic (exact) mass is 667 g/mol. The summed E-state index contributed by atoms with van der Waals surface area (Å²) >= 11 is 6.50. The number of nitro groups is 1. The van der Waals surface area contributed by atoms with Crippen molar-refractivity contribution < 1.29 is 19.3 Å². The molecule has 0 aliphatic heterocycles. The van der Waals surface area contributed by atoms with Crippen LogP contribution in [0.15, 0.2) is 42.6 Å². The molecule has 1 atom stereocenters. The molecule has 11 heteroatoms. The smallest absolute Gasteiger partial charge is 0.270 e. The van der Waals surface area contributed by atoms with Gasteiger partial charge >= 0.3 is 0 Å². The lowest BCUT2D eigenvalue weighted by atomic mass is 9.86. The highest BCUT2D eigenvalue weighted by Crippen LogP contribution is 2.31. The number of rotatable bonds is 20. The number of hydrogen-bond donors (Lipinski definition) is 2.